The fourth-order valence-corrected chi connectivity index (χ4v) is 1.92. The molecule has 0 aliphatic carbocycles. The van der Waals surface area contributed by atoms with Gasteiger partial charge in [-0.25, -0.2) is 0 Å². The van der Waals surface area contributed by atoms with Crippen LogP contribution >= 0.6 is 0 Å². The van der Waals surface area contributed by atoms with Crippen LogP contribution in [0, 0.1) is 17.0 Å². The number of rotatable bonds is 3. The maximum Gasteiger partial charge on any atom is 0.272 e. The quantitative estimate of drug-likeness (QED) is 0.676. The summed E-state index contributed by atoms with van der Waals surface area (Å²) in [6.45, 7) is 1.67. The predicted octanol–water partition coefficient (Wildman–Crippen LogP) is 2.67. The highest BCUT2D eigenvalue weighted by molar-refractivity contribution is 5.99. The molecule has 0 heterocycles. The van der Waals surface area contributed by atoms with Crippen LogP contribution in [0.25, 0.3) is 11.1 Å². The van der Waals surface area contributed by atoms with Gasteiger partial charge in [-0.15, -0.1) is 0 Å². The van der Waals surface area contributed by atoms with Gasteiger partial charge in [0.05, 0.1) is 4.92 Å². The Labute approximate surface area is 109 Å². The van der Waals surface area contributed by atoms with Crippen molar-refractivity contribution >= 4 is 11.6 Å². The van der Waals surface area contributed by atoms with Crippen molar-refractivity contribution in [2.75, 3.05) is 0 Å². The Kier molecular flexibility index (Phi) is 3.29. The van der Waals surface area contributed by atoms with Gasteiger partial charge in [-0.05, 0) is 24.1 Å². The molecule has 0 spiro atoms. The Morgan fingerprint density at radius 3 is 2.53 bits per heavy atom. The van der Waals surface area contributed by atoms with Crippen LogP contribution < -0.4 is 5.73 Å². The molecule has 0 aliphatic heterocycles. The van der Waals surface area contributed by atoms with Crippen molar-refractivity contribution in [2.24, 2.45) is 5.73 Å². The number of carbonyl (C=O) groups is 1. The van der Waals surface area contributed by atoms with Gasteiger partial charge in [0.2, 0.25) is 5.91 Å². The number of nitrogens with two attached hydrogens (primary N) is 1. The molecule has 0 unspecified atom stereocenters. The first-order valence-electron chi connectivity index (χ1n) is 5.65. The van der Waals surface area contributed by atoms with Crippen LogP contribution in [0.2, 0.25) is 0 Å². The highest BCUT2D eigenvalue weighted by Crippen LogP contribution is 2.28. The number of hydrogen-bond acceptors (Lipinski definition) is 3. The topological polar surface area (TPSA) is 86.2 Å². The molecule has 0 radical (unpaired) electrons. The first kappa shape index (κ1) is 12.8. The zero-order valence-electron chi connectivity index (χ0n) is 10.3. The van der Waals surface area contributed by atoms with Crippen molar-refractivity contribution in [3.05, 3.63) is 63.7 Å². The number of amides is 1. The van der Waals surface area contributed by atoms with Crippen molar-refractivity contribution in [2.45, 2.75) is 6.92 Å². The average molecular weight is 256 g/mol. The van der Waals surface area contributed by atoms with Crippen molar-refractivity contribution < 1.29 is 9.72 Å². The van der Waals surface area contributed by atoms with Crippen LogP contribution in [0.4, 0.5) is 5.69 Å². The van der Waals surface area contributed by atoms with Gasteiger partial charge < -0.3 is 5.73 Å². The monoisotopic (exact) mass is 256 g/mol. The number of aryl methyl sites for hydroxylation is 1. The maximum absolute atomic E-state index is 11.4. The van der Waals surface area contributed by atoms with E-state index in [2.05, 4.69) is 0 Å². The molecule has 0 saturated heterocycles. The van der Waals surface area contributed by atoms with E-state index in [4.69, 9.17) is 5.73 Å². The van der Waals surface area contributed by atoms with Gasteiger partial charge in [0.1, 0.15) is 0 Å². The smallest absolute Gasteiger partial charge is 0.272 e. The summed E-state index contributed by atoms with van der Waals surface area (Å²) in [5.74, 6) is -0.557. The Morgan fingerprint density at radius 2 is 1.89 bits per heavy atom. The van der Waals surface area contributed by atoms with Crippen LogP contribution in [0.3, 0.4) is 0 Å². The van der Waals surface area contributed by atoms with E-state index >= 15 is 0 Å². The second-order valence-corrected chi connectivity index (χ2v) is 4.17. The third-order valence-electron chi connectivity index (χ3n) is 2.91. The number of carbonyl (C=O) groups excluding carboxylic acids is 1. The van der Waals surface area contributed by atoms with Crippen LogP contribution in [0.15, 0.2) is 42.5 Å². The lowest BCUT2D eigenvalue weighted by Crippen LogP contribution is -2.12. The molecule has 1 amide bonds. The van der Waals surface area contributed by atoms with Crippen molar-refractivity contribution in [3.8, 4) is 11.1 Å². The molecule has 5 heteroatoms. The van der Waals surface area contributed by atoms with E-state index in [0.717, 1.165) is 0 Å². The molecular weight excluding hydrogens is 244 g/mol. The van der Waals surface area contributed by atoms with Gasteiger partial charge in [-0.3, -0.25) is 14.9 Å². The molecule has 0 saturated carbocycles. The second kappa shape index (κ2) is 4.89. The summed E-state index contributed by atoms with van der Waals surface area (Å²) in [5.41, 5.74) is 7.45. The summed E-state index contributed by atoms with van der Waals surface area (Å²) in [5, 5.41) is 10.9. The second-order valence-electron chi connectivity index (χ2n) is 4.17. The first-order chi connectivity index (χ1) is 9.00. The fraction of sp³-hybridized carbons (Fsp3) is 0.0714. The van der Waals surface area contributed by atoms with Gasteiger partial charge in [0.15, 0.2) is 0 Å². The van der Waals surface area contributed by atoms with Crippen LogP contribution in [-0.4, -0.2) is 10.8 Å². The summed E-state index contributed by atoms with van der Waals surface area (Å²) >= 11 is 0. The van der Waals surface area contributed by atoms with Crippen molar-refractivity contribution in [1.29, 1.82) is 0 Å². The zero-order chi connectivity index (χ0) is 14.0. The van der Waals surface area contributed by atoms with Gasteiger partial charge in [-0.2, -0.15) is 0 Å². The highest BCUT2D eigenvalue weighted by atomic mass is 16.6. The minimum atomic E-state index is -0.557. The molecular formula is C14H12N2O3. The lowest BCUT2D eigenvalue weighted by atomic mass is 9.98. The lowest BCUT2D eigenvalue weighted by Gasteiger charge is -2.07. The van der Waals surface area contributed by atoms with E-state index in [1.165, 1.54) is 6.07 Å². The molecule has 0 fully saturated rings. The van der Waals surface area contributed by atoms with E-state index in [9.17, 15) is 14.9 Å². The van der Waals surface area contributed by atoms with Crippen LogP contribution in [0.1, 0.15) is 15.9 Å². The molecule has 0 aliphatic rings. The van der Waals surface area contributed by atoms with E-state index in [1.807, 2.05) is 0 Å². The third kappa shape index (κ3) is 2.44. The summed E-state index contributed by atoms with van der Waals surface area (Å²) in [4.78, 5) is 21.9. The molecule has 2 aromatic carbocycles. The van der Waals surface area contributed by atoms with E-state index < -0.39 is 10.8 Å². The SMILES string of the molecule is Cc1ccc(-c2ccccc2C(N)=O)cc1[N+](=O)[O-]. The number of primary amides is 1. The van der Waals surface area contributed by atoms with E-state index in [-0.39, 0.29) is 5.69 Å². The zero-order valence-corrected chi connectivity index (χ0v) is 10.3. The Hall–Kier alpha value is -2.69. The Morgan fingerprint density at radius 1 is 1.21 bits per heavy atom. The van der Waals surface area contributed by atoms with Gasteiger partial charge in [0.25, 0.3) is 5.69 Å². The highest BCUT2D eigenvalue weighted by Gasteiger charge is 2.15. The van der Waals surface area contributed by atoms with Crippen molar-refractivity contribution in [3.63, 3.8) is 0 Å². The molecule has 0 bridgehead atoms. The number of hydrogen-bond donors (Lipinski definition) is 1. The molecule has 2 aromatic rings. The Balaban J connectivity index is 2.63. The summed E-state index contributed by atoms with van der Waals surface area (Å²) < 4.78 is 0. The maximum atomic E-state index is 11.4. The fourth-order valence-electron chi connectivity index (χ4n) is 1.92. The minimum absolute atomic E-state index is 0.0248. The van der Waals surface area contributed by atoms with Gasteiger partial charge >= 0.3 is 0 Å². The molecule has 19 heavy (non-hydrogen) atoms. The summed E-state index contributed by atoms with van der Waals surface area (Å²) in [6, 6.07) is 11.6. The summed E-state index contributed by atoms with van der Waals surface area (Å²) in [7, 11) is 0. The molecule has 5 nitrogen and oxygen atoms in total. The standard InChI is InChI=1S/C14H12N2O3/c1-9-6-7-10(8-13(9)16(18)19)11-4-2-3-5-12(11)14(15)17/h2-8H,1H3,(H2,15,17). The minimum Gasteiger partial charge on any atom is -0.366 e. The van der Waals surface area contributed by atoms with Crippen LogP contribution in [-0.2, 0) is 0 Å². The lowest BCUT2D eigenvalue weighted by molar-refractivity contribution is -0.385. The predicted molar refractivity (Wildman–Crippen MR) is 71.8 cm³/mol. The number of nitrogens with zero attached hydrogens (tertiary/aromatic N) is 1. The van der Waals surface area contributed by atoms with Crippen molar-refractivity contribution in [1.82, 2.24) is 0 Å². The largest absolute Gasteiger partial charge is 0.366 e. The van der Waals surface area contributed by atoms with Crippen LogP contribution in [0.5, 0.6) is 0 Å². The molecule has 2 N–H and O–H groups in total. The molecule has 0 atom stereocenters. The van der Waals surface area contributed by atoms with Gasteiger partial charge in [0, 0.05) is 17.2 Å². The molecule has 2 rings (SSSR count). The third-order valence-corrected chi connectivity index (χ3v) is 2.91. The number of nitro groups is 1. The summed E-state index contributed by atoms with van der Waals surface area (Å²) in [6.07, 6.45) is 0. The van der Waals surface area contributed by atoms with E-state index in [0.29, 0.717) is 22.3 Å². The Bertz CT molecular complexity index is 665. The van der Waals surface area contributed by atoms with E-state index in [1.54, 1.807) is 43.3 Å². The number of nitro benzene ring substituents is 1. The van der Waals surface area contributed by atoms with Gasteiger partial charge in [-0.1, -0.05) is 30.3 Å². The molecule has 96 valence electrons. The normalized spacial score (nSPS) is 10.2. The number of benzene rings is 2. The first-order valence-corrected chi connectivity index (χ1v) is 5.65. The molecule has 0 aromatic heterocycles. The average Bonchev–Trinajstić information content (AvgIpc) is 2.39.